The van der Waals surface area contributed by atoms with Gasteiger partial charge in [-0.15, -0.1) is 0 Å². The quantitative estimate of drug-likeness (QED) is 0.406. The lowest BCUT2D eigenvalue weighted by molar-refractivity contribution is 0.409. The van der Waals surface area contributed by atoms with E-state index in [1.54, 1.807) is 4.57 Å². The molecule has 0 saturated heterocycles. The Hall–Kier alpha value is -3.39. The van der Waals surface area contributed by atoms with Crippen LogP contribution in [0.15, 0.2) is 56.5 Å². The summed E-state index contributed by atoms with van der Waals surface area (Å²) < 4.78 is 9.22. The summed E-state index contributed by atoms with van der Waals surface area (Å²) in [6.07, 6.45) is 0.892. The summed E-state index contributed by atoms with van der Waals surface area (Å²) >= 11 is 0. The molecule has 3 aromatic heterocycles. The van der Waals surface area contributed by atoms with E-state index >= 15 is 0 Å². The molecular weight excluding hydrogens is 418 g/mol. The lowest BCUT2D eigenvalue weighted by atomic mass is 10.1. The van der Waals surface area contributed by atoms with Gasteiger partial charge in [0.25, 0.3) is 5.56 Å². The van der Waals surface area contributed by atoms with Crippen LogP contribution in [0.1, 0.15) is 56.1 Å². The molecule has 0 radical (unpaired) electrons. The van der Waals surface area contributed by atoms with Gasteiger partial charge in [0.1, 0.15) is 17.3 Å². The van der Waals surface area contributed by atoms with E-state index in [2.05, 4.69) is 24.1 Å². The zero-order valence-electron chi connectivity index (χ0n) is 19.6. The third-order valence-electron chi connectivity index (χ3n) is 5.83. The van der Waals surface area contributed by atoms with Crippen LogP contribution >= 0.6 is 0 Å². The number of benzene rings is 1. The van der Waals surface area contributed by atoms with Gasteiger partial charge in [0, 0.05) is 6.54 Å². The number of imidazole rings is 1. The van der Waals surface area contributed by atoms with Crippen LogP contribution in [0.25, 0.3) is 11.2 Å². The lowest BCUT2D eigenvalue weighted by Crippen LogP contribution is -2.31. The van der Waals surface area contributed by atoms with Gasteiger partial charge in [-0.3, -0.25) is 14.3 Å². The van der Waals surface area contributed by atoms with E-state index in [-0.39, 0.29) is 6.04 Å². The molecule has 0 amide bonds. The van der Waals surface area contributed by atoms with Crippen LogP contribution in [0, 0.1) is 12.8 Å². The number of fused-ring (bicyclic) bond motifs is 1. The summed E-state index contributed by atoms with van der Waals surface area (Å²) in [5.41, 5.74) is 0.950. The minimum absolute atomic E-state index is 0.0261. The van der Waals surface area contributed by atoms with Gasteiger partial charge in [0.15, 0.2) is 11.2 Å². The number of hydrogen-bond donors (Lipinski definition) is 2. The number of hydrogen-bond acceptors (Lipinski definition) is 5. The third kappa shape index (κ3) is 5.01. The van der Waals surface area contributed by atoms with Crippen LogP contribution in [-0.2, 0) is 19.6 Å². The molecule has 1 aromatic carbocycles. The summed E-state index contributed by atoms with van der Waals surface area (Å²) in [4.78, 5) is 32.9. The van der Waals surface area contributed by atoms with Crippen molar-refractivity contribution in [3.8, 4) is 0 Å². The van der Waals surface area contributed by atoms with Gasteiger partial charge >= 0.3 is 5.69 Å². The Bertz CT molecular complexity index is 1340. The maximum atomic E-state index is 12.9. The van der Waals surface area contributed by atoms with E-state index in [0.717, 1.165) is 29.3 Å². The fourth-order valence-corrected chi connectivity index (χ4v) is 3.92. The van der Waals surface area contributed by atoms with Gasteiger partial charge < -0.3 is 14.3 Å². The molecule has 1 atom stereocenters. The highest BCUT2D eigenvalue weighted by Gasteiger charge is 2.20. The third-order valence-corrected chi connectivity index (χ3v) is 5.83. The maximum absolute atomic E-state index is 12.9. The first-order valence-corrected chi connectivity index (χ1v) is 11.4. The Morgan fingerprint density at radius 1 is 1.06 bits per heavy atom. The molecule has 0 aliphatic carbocycles. The largest absolute Gasteiger partial charge is 0.465 e. The molecule has 4 rings (SSSR count). The van der Waals surface area contributed by atoms with E-state index in [1.807, 2.05) is 60.9 Å². The highest BCUT2D eigenvalue weighted by Crippen LogP contribution is 2.19. The molecule has 3 heterocycles. The maximum Gasteiger partial charge on any atom is 0.330 e. The number of nitrogens with one attached hydrogen (secondary N) is 2. The molecule has 0 bridgehead atoms. The van der Waals surface area contributed by atoms with Crippen molar-refractivity contribution in [3.63, 3.8) is 0 Å². The van der Waals surface area contributed by atoms with Gasteiger partial charge in [-0.2, -0.15) is 0 Å². The topological polar surface area (TPSA) is 97.9 Å². The van der Waals surface area contributed by atoms with Crippen LogP contribution in [0.4, 0.5) is 0 Å². The number of aryl methyl sites for hydroxylation is 2. The fourth-order valence-electron chi connectivity index (χ4n) is 3.92. The van der Waals surface area contributed by atoms with Crippen molar-refractivity contribution in [2.24, 2.45) is 5.92 Å². The molecule has 4 aromatic rings. The van der Waals surface area contributed by atoms with Crippen molar-refractivity contribution in [2.75, 3.05) is 0 Å². The Labute approximate surface area is 192 Å². The summed E-state index contributed by atoms with van der Waals surface area (Å²) in [5.74, 6) is 2.89. The standard InChI is InChI=1S/C25H31N5O3/c1-16(2)12-13-29-21(14-26-18(4)20-11-10-17(3)33-20)27-23-22(29)24(31)28-25(32)30(23)15-19-8-6-5-7-9-19/h5-11,16,18,26H,12-15H2,1-4H3,(H,28,31,32). The van der Waals surface area contributed by atoms with Crippen molar-refractivity contribution in [1.29, 1.82) is 0 Å². The van der Waals surface area contributed by atoms with Gasteiger partial charge in [-0.1, -0.05) is 44.2 Å². The average Bonchev–Trinajstić information content (AvgIpc) is 3.38. The molecule has 0 aliphatic rings. The molecule has 1 unspecified atom stereocenters. The second-order valence-electron chi connectivity index (χ2n) is 8.92. The molecule has 2 N–H and O–H groups in total. The predicted molar refractivity (Wildman–Crippen MR) is 128 cm³/mol. The van der Waals surface area contributed by atoms with E-state index in [9.17, 15) is 9.59 Å². The zero-order chi connectivity index (χ0) is 23.5. The Balaban J connectivity index is 1.75. The van der Waals surface area contributed by atoms with Gasteiger partial charge in [0.05, 0.1) is 19.1 Å². The van der Waals surface area contributed by atoms with Crippen LogP contribution in [0.3, 0.4) is 0 Å². The number of furan rings is 1. The van der Waals surface area contributed by atoms with Crippen molar-refractivity contribution >= 4 is 11.2 Å². The molecular formula is C25H31N5O3. The minimum Gasteiger partial charge on any atom is -0.465 e. The van der Waals surface area contributed by atoms with Crippen LogP contribution in [-0.4, -0.2) is 19.1 Å². The smallest absolute Gasteiger partial charge is 0.330 e. The van der Waals surface area contributed by atoms with Gasteiger partial charge in [-0.05, 0) is 43.9 Å². The van der Waals surface area contributed by atoms with Crippen molar-refractivity contribution in [2.45, 2.75) is 59.8 Å². The fraction of sp³-hybridized carbons (Fsp3) is 0.400. The number of rotatable bonds is 9. The van der Waals surface area contributed by atoms with Crippen LogP contribution < -0.4 is 16.6 Å². The first-order chi connectivity index (χ1) is 15.8. The molecule has 33 heavy (non-hydrogen) atoms. The predicted octanol–water partition coefficient (Wildman–Crippen LogP) is 3.73. The molecule has 8 heteroatoms. The normalized spacial score (nSPS) is 12.6. The van der Waals surface area contributed by atoms with Crippen molar-refractivity contribution in [1.82, 2.24) is 24.4 Å². The SMILES string of the molecule is Cc1ccc(C(C)NCc2nc3c(c(=O)[nH]c(=O)n3Cc3ccccc3)n2CCC(C)C)o1. The van der Waals surface area contributed by atoms with Crippen LogP contribution in [0.2, 0.25) is 0 Å². The minimum atomic E-state index is -0.455. The summed E-state index contributed by atoms with van der Waals surface area (Å²) in [6.45, 7) is 9.65. The van der Waals surface area contributed by atoms with Crippen molar-refractivity contribution in [3.05, 3.63) is 86.2 Å². The molecule has 174 valence electrons. The highest BCUT2D eigenvalue weighted by molar-refractivity contribution is 5.71. The molecule has 0 saturated carbocycles. The molecule has 0 fully saturated rings. The van der Waals surface area contributed by atoms with E-state index in [1.165, 1.54) is 0 Å². The second-order valence-corrected chi connectivity index (χ2v) is 8.92. The van der Waals surface area contributed by atoms with Crippen molar-refractivity contribution < 1.29 is 4.42 Å². The molecule has 0 spiro atoms. The summed E-state index contributed by atoms with van der Waals surface area (Å²) in [5, 5.41) is 3.44. The van der Waals surface area contributed by atoms with Crippen LogP contribution in [0.5, 0.6) is 0 Å². The second kappa shape index (κ2) is 9.62. The lowest BCUT2D eigenvalue weighted by Gasteiger charge is -2.14. The molecule has 8 nitrogen and oxygen atoms in total. The van der Waals surface area contributed by atoms with E-state index in [0.29, 0.717) is 36.7 Å². The number of nitrogens with zero attached hydrogens (tertiary/aromatic N) is 3. The van der Waals surface area contributed by atoms with E-state index in [4.69, 9.17) is 9.40 Å². The number of aromatic nitrogens is 4. The summed E-state index contributed by atoms with van der Waals surface area (Å²) in [7, 11) is 0. The average molecular weight is 450 g/mol. The monoisotopic (exact) mass is 449 g/mol. The van der Waals surface area contributed by atoms with E-state index < -0.39 is 11.2 Å². The van der Waals surface area contributed by atoms with Gasteiger partial charge in [0.2, 0.25) is 0 Å². The first kappa shape index (κ1) is 22.8. The number of H-pyrrole nitrogens is 1. The first-order valence-electron chi connectivity index (χ1n) is 11.4. The van der Waals surface area contributed by atoms with Gasteiger partial charge in [-0.25, -0.2) is 9.78 Å². The Morgan fingerprint density at radius 3 is 2.48 bits per heavy atom. The zero-order valence-corrected chi connectivity index (χ0v) is 19.6. The Morgan fingerprint density at radius 2 is 1.82 bits per heavy atom. The summed E-state index contributed by atoms with van der Waals surface area (Å²) in [6, 6.07) is 13.6. The highest BCUT2D eigenvalue weighted by atomic mass is 16.3. The molecule has 0 aliphatic heterocycles. The number of aromatic amines is 1. The Kier molecular flexibility index (Phi) is 6.65.